The summed E-state index contributed by atoms with van der Waals surface area (Å²) in [7, 11) is 0. The average Bonchev–Trinajstić information content (AvgIpc) is 2.66. The summed E-state index contributed by atoms with van der Waals surface area (Å²) in [6.45, 7) is 18.2. The fourth-order valence-corrected chi connectivity index (χ4v) is 1.51. The van der Waals surface area contributed by atoms with Gasteiger partial charge in [-0.25, -0.2) is 17.6 Å². The van der Waals surface area contributed by atoms with E-state index in [1.807, 2.05) is 41.5 Å². The molecule has 4 heteroatoms. The van der Waals surface area contributed by atoms with Crippen LogP contribution in [0.25, 0.3) is 0 Å². The summed E-state index contributed by atoms with van der Waals surface area (Å²) < 4.78 is 50.4. The highest BCUT2D eigenvalue weighted by Crippen LogP contribution is 2.14. The number of hydrogen-bond acceptors (Lipinski definition) is 0. The SMILES string of the molecule is CC.CC.CC.Cc1cc(F)c(C)c(F)c1.Cc1ccc(C)c(F)c1F. The van der Waals surface area contributed by atoms with Crippen molar-refractivity contribution in [2.24, 2.45) is 0 Å². The second-order valence-electron chi connectivity index (χ2n) is 4.68. The fraction of sp³-hybridized carbons (Fsp3) is 0.455. The Morgan fingerprint density at radius 1 is 0.538 bits per heavy atom. The van der Waals surface area contributed by atoms with E-state index < -0.39 is 23.3 Å². The van der Waals surface area contributed by atoms with Crippen LogP contribution in [0.4, 0.5) is 17.6 Å². The van der Waals surface area contributed by atoms with E-state index in [9.17, 15) is 17.6 Å². The van der Waals surface area contributed by atoms with Crippen molar-refractivity contribution < 1.29 is 17.6 Å². The second-order valence-corrected chi connectivity index (χ2v) is 4.68. The van der Waals surface area contributed by atoms with Crippen LogP contribution in [-0.2, 0) is 0 Å². The predicted octanol–water partition coefficient (Wildman–Crippen LogP) is 8.24. The van der Waals surface area contributed by atoms with Crippen LogP contribution >= 0.6 is 0 Å². The van der Waals surface area contributed by atoms with Gasteiger partial charge in [-0.2, -0.15) is 0 Å². The van der Waals surface area contributed by atoms with Gasteiger partial charge in [0.2, 0.25) is 0 Å². The first kappa shape index (κ1) is 28.9. The van der Waals surface area contributed by atoms with Crippen LogP contribution in [0, 0.1) is 51.0 Å². The molecular formula is C22H34F4. The van der Waals surface area contributed by atoms with Gasteiger partial charge in [-0.05, 0) is 56.5 Å². The Kier molecular flexibility index (Phi) is 18.5. The Bertz CT molecular complexity index is 570. The van der Waals surface area contributed by atoms with Crippen LogP contribution < -0.4 is 0 Å². The first-order valence-electron chi connectivity index (χ1n) is 9.07. The Balaban J connectivity index is -0.000000316. The van der Waals surface area contributed by atoms with E-state index in [1.54, 1.807) is 19.1 Å². The minimum atomic E-state index is -0.736. The third-order valence-electron chi connectivity index (χ3n) is 2.89. The van der Waals surface area contributed by atoms with Crippen molar-refractivity contribution in [3.8, 4) is 0 Å². The van der Waals surface area contributed by atoms with Crippen LogP contribution in [-0.4, -0.2) is 0 Å². The standard InChI is InChI=1S/2C8H8F2.3C2H6/c1-5-3-7(9)6(2)8(10)4-5;1-5-3-4-6(2)8(10)7(5)9;3*1-2/h2*3-4H,1-2H3;3*1-2H3. The van der Waals surface area contributed by atoms with Crippen LogP contribution in [0.2, 0.25) is 0 Å². The fourth-order valence-electron chi connectivity index (χ4n) is 1.51. The second kappa shape index (κ2) is 16.6. The molecule has 2 aromatic rings. The molecule has 0 amide bonds. The molecule has 0 fully saturated rings. The van der Waals surface area contributed by atoms with Gasteiger partial charge >= 0.3 is 0 Å². The lowest BCUT2D eigenvalue weighted by Crippen LogP contribution is -1.91. The highest BCUT2D eigenvalue weighted by molar-refractivity contribution is 5.24. The summed E-state index contributed by atoms with van der Waals surface area (Å²) in [5.74, 6) is -2.42. The Labute approximate surface area is 157 Å². The zero-order chi connectivity index (χ0) is 21.4. The topological polar surface area (TPSA) is 0 Å². The highest BCUT2D eigenvalue weighted by Gasteiger charge is 2.06. The molecule has 0 saturated carbocycles. The molecule has 0 spiro atoms. The Morgan fingerprint density at radius 3 is 1.08 bits per heavy atom. The minimum Gasteiger partial charge on any atom is -0.207 e. The molecule has 0 atom stereocenters. The molecule has 0 heterocycles. The highest BCUT2D eigenvalue weighted by atomic mass is 19.2. The molecule has 0 aliphatic heterocycles. The molecule has 0 N–H and O–H groups in total. The van der Waals surface area contributed by atoms with Crippen molar-refractivity contribution in [2.75, 3.05) is 0 Å². The lowest BCUT2D eigenvalue weighted by atomic mass is 10.1. The monoisotopic (exact) mass is 374 g/mol. The summed E-state index contributed by atoms with van der Waals surface area (Å²) in [5, 5.41) is 0. The number of aryl methyl sites for hydroxylation is 3. The minimum absolute atomic E-state index is 0.0885. The number of hydrogen-bond donors (Lipinski definition) is 0. The first-order chi connectivity index (χ1) is 12.2. The largest absolute Gasteiger partial charge is 0.207 e. The molecule has 0 aliphatic carbocycles. The van der Waals surface area contributed by atoms with Gasteiger partial charge in [0.05, 0.1) is 0 Å². The van der Waals surface area contributed by atoms with Crippen molar-refractivity contribution >= 4 is 0 Å². The zero-order valence-electron chi connectivity index (χ0n) is 17.8. The summed E-state index contributed by atoms with van der Waals surface area (Å²) in [6.07, 6.45) is 0. The molecule has 0 aliphatic rings. The summed E-state index contributed by atoms with van der Waals surface area (Å²) in [6, 6.07) is 5.76. The number of benzene rings is 2. The number of halogens is 4. The Morgan fingerprint density at radius 2 is 0.808 bits per heavy atom. The Hall–Kier alpha value is -1.84. The van der Waals surface area contributed by atoms with Gasteiger partial charge in [0.15, 0.2) is 11.6 Å². The molecule has 26 heavy (non-hydrogen) atoms. The van der Waals surface area contributed by atoms with E-state index in [1.165, 1.54) is 32.9 Å². The molecule has 0 aromatic heterocycles. The smallest absolute Gasteiger partial charge is 0.161 e. The molecule has 150 valence electrons. The maximum atomic E-state index is 12.6. The van der Waals surface area contributed by atoms with E-state index in [2.05, 4.69) is 0 Å². The molecule has 2 aromatic carbocycles. The molecule has 0 saturated heterocycles. The van der Waals surface area contributed by atoms with Gasteiger partial charge in [0.1, 0.15) is 11.6 Å². The molecule has 0 bridgehead atoms. The van der Waals surface area contributed by atoms with Gasteiger partial charge in [0, 0.05) is 5.56 Å². The van der Waals surface area contributed by atoms with Crippen LogP contribution in [0.15, 0.2) is 24.3 Å². The number of rotatable bonds is 0. The van der Waals surface area contributed by atoms with E-state index in [0.717, 1.165) is 0 Å². The summed E-state index contributed by atoms with van der Waals surface area (Å²) in [4.78, 5) is 0. The first-order valence-corrected chi connectivity index (χ1v) is 9.07. The van der Waals surface area contributed by atoms with E-state index in [4.69, 9.17) is 0 Å². The van der Waals surface area contributed by atoms with Gasteiger partial charge in [0.25, 0.3) is 0 Å². The lowest BCUT2D eigenvalue weighted by molar-refractivity contribution is 0.497. The van der Waals surface area contributed by atoms with Crippen molar-refractivity contribution in [3.63, 3.8) is 0 Å². The molecular weight excluding hydrogens is 340 g/mol. The normalized spacial score (nSPS) is 8.38. The van der Waals surface area contributed by atoms with Gasteiger partial charge in [-0.1, -0.05) is 53.7 Å². The molecule has 0 unspecified atom stereocenters. The van der Waals surface area contributed by atoms with Crippen LogP contribution in [0.5, 0.6) is 0 Å². The van der Waals surface area contributed by atoms with E-state index in [0.29, 0.717) is 16.7 Å². The van der Waals surface area contributed by atoms with Crippen molar-refractivity contribution in [1.29, 1.82) is 0 Å². The molecule has 0 radical (unpaired) electrons. The maximum absolute atomic E-state index is 12.6. The third-order valence-corrected chi connectivity index (χ3v) is 2.89. The van der Waals surface area contributed by atoms with Crippen molar-refractivity contribution in [3.05, 3.63) is 69.8 Å². The van der Waals surface area contributed by atoms with Gasteiger partial charge < -0.3 is 0 Å². The third kappa shape index (κ3) is 10.2. The zero-order valence-corrected chi connectivity index (χ0v) is 17.8. The quantitative estimate of drug-likeness (QED) is 0.407. The van der Waals surface area contributed by atoms with Gasteiger partial charge in [-0.15, -0.1) is 0 Å². The molecule has 2 rings (SSSR count). The maximum Gasteiger partial charge on any atom is 0.161 e. The van der Waals surface area contributed by atoms with E-state index in [-0.39, 0.29) is 5.56 Å². The van der Waals surface area contributed by atoms with Crippen molar-refractivity contribution in [2.45, 2.75) is 69.2 Å². The van der Waals surface area contributed by atoms with E-state index >= 15 is 0 Å². The lowest BCUT2D eigenvalue weighted by Gasteiger charge is -1.99. The van der Waals surface area contributed by atoms with Crippen molar-refractivity contribution in [1.82, 2.24) is 0 Å². The summed E-state index contributed by atoms with van der Waals surface area (Å²) in [5.41, 5.74) is 1.40. The molecule has 0 nitrogen and oxygen atoms in total. The van der Waals surface area contributed by atoms with Crippen LogP contribution in [0.3, 0.4) is 0 Å². The summed E-state index contributed by atoms with van der Waals surface area (Å²) >= 11 is 0. The predicted molar refractivity (Wildman–Crippen MR) is 106 cm³/mol. The van der Waals surface area contributed by atoms with Crippen LogP contribution in [0.1, 0.15) is 63.8 Å². The van der Waals surface area contributed by atoms with Gasteiger partial charge in [-0.3, -0.25) is 0 Å². The average molecular weight is 375 g/mol.